The van der Waals surface area contributed by atoms with Crippen molar-refractivity contribution in [2.24, 2.45) is 11.7 Å². The van der Waals surface area contributed by atoms with E-state index in [1.54, 1.807) is 29.6 Å². The molecule has 1 aromatic heterocycles. The van der Waals surface area contributed by atoms with Crippen LogP contribution in [0.5, 0.6) is 5.75 Å². The van der Waals surface area contributed by atoms with Gasteiger partial charge in [0.2, 0.25) is 0 Å². The topological polar surface area (TPSA) is 108 Å². The first-order valence-corrected chi connectivity index (χ1v) is 8.82. The Bertz CT molecular complexity index is 783. The highest BCUT2D eigenvalue weighted by Gasteiger charge is 2.14. The number of hydrogen-bond donors (Lipinski definition) is 2. The fraction of sp³-hybridized carbons (Fsp3) is 0.278. The summed E-state index contributed by atoms with van der Waals surface area (Å²) >= 11 is 1.16. The quantitative estimate of drug-likeness (QED) is 0.689. The van der Waals surface area contributed by atoms with Crippen molar-refractivity contribution in [3.63, 3.8) is 0 Å². The van der Waals surface area contributed by atoms with Crippen LogP contribution in [0.2, 0.25) is 0 Å². The van der Waals surface area contributed by atoms with Crippen LogP contribution in [-0.2, 0) is 9.53 Å². The fourth-order valence-electron chi connectivity index (χ4n) is 1.93. The van der Waals surface area contributed by atoms with Gasteiger partial charge in [-0.2, -0.15) is 0 Å². The van der Waals surface area contributed by atoms with Crippen LogP contribution in [0.4, 0.5) is 5.00 Å². The first-order chi connectivity index (χ1) is 12.4. The number of esters is 1. The summed E-state index contributed by atoms with van der Waals surface area (Å²) in [6.07, 6.45) is 0. The molecule has 1 heterocycles. The van der Waals surface area contributed by atoms with E-state index < -0.39 is 24.4 Å². The highest BCUT2D eigenvalue weighted by atomic mass is 32.1. The molecule has 0 unspecified atom stereocenters. The Balaban J connectivity index is 1.85. The number of anilines is 1. The molecular formula is C18H20N2O5S. The normalized spacial score (nSPS) is 10.4. The Morgan fingerprint density at radius 3 is 2.46 bits per heavy atom. The molecule has 0 atom stereocenters. The Morgan fingerprint density at radius 1 is 1.15 bits per heavy atom. The number of primary amides is 1. The van der Waals surface area contributed by atoms with Gasteiger partial charge in [0.05, 0.1) is 17.7 Å². The molecule has 0 bridgehead atoms. The lowest BCUT2D eigenvalue weighted by Gasteiger charge is -2.09. The summed E-state index contributed by atoms with van der Waals surface area (Å²) in [6.45, 7) is 4.19. The van der Waals surface area contributed by atoms with Gasteiger partial charge in [-0.1, -0.05) is 13.8 Å². The molecule has 0 aliphatic carbocycles. The maximum Gasteiger partial charge on any atom is 0.338 e. The fourth-order valence-corrected chi connectivity index (χ4v) is 2.74. The van der Waals surface area contributed by atoms with E-state index >= 15 is 0 Å². The molecule has 7 nitrogen and oxygen atoms in total. The van der Waals surface area contributed by atoms with Crippen molar-refractivity contribution in [1.82, 2.24) is 0 Å². The van der Waals surface area contributed by atoms with Crippen LogP contribution in [0.3, 0.4) is 0 Å². The Kier molecular flexibility index (Phi) is 6.74. The molecule has 0 spiro atoms. The largest absolute Gasteiger partial charge is 0.493 e. The van der Waals surface area contributed by atoms with Gasteiger partial charge < -0.3 is 20.5 Å². The average molecular weight is 376 g/mol. The Labute approximate surface area is 155 Å². The minimum Gasteiger partial charge on any atom is -0.493 e. The maximum atomic E-state index is 12.0. The number of amides is 2. The first-order valence-electron chi connectivity index (χ1n) is 7.94. The van der Waals surface area contributed by atoms with Crippen molar-refractivity contribution in [3.05, 3.63) is 46.8 Å². The number of rotatable bonds is 8. The molecule has 8 heteroatoms. The molecule has 0 fully saturated rings. The van der Waals surface area contributed by atoms with Gasteiger partial charge in [0, 0.05) is 0 Å². The zero-order valence-electron chi connectivity index (χ0n) is 14.5. The number of carbonyl (C=O) groups excluding carboxylic acids is 3. The highest BCUT2D eigenvalue weighted by molar-refractivity contribution is 7.14. The van der Waals surface area contributed by atoms with Crippen LogP contribution in [0.15, 0.2) is 35.7 Å². The van der Waals surface area contributed by atoms with Crippen LogP contribution < -0.4 is 15.8 Å². The molecule has 2 amide bonds. The summed E-state index contributed by atoms with van der Waals surface area (Å²) in [5.74, 6) is -0.767. The van der Waals surface area contributed by atoms with E-state index in [9.17, 15) is 14.4 Å². The summed E-state index contributed by atoms with van der Waals surface area (Å²) in [6, 6.07) is 7.99. The average Bonchev–Trinajstić information content (AvgIpc) is 3.06. The van der Waals surface area contributed by atoms with Gasteiger partial charge in [-0.25, -0.2) is 4.79 Å². The number of hydrogen-bond acceptors (Lipinski definition) is 6. The number of carbonyl (C=O) groups is 3. The maximum absolute atomic E-state index is 12.0. The van der Waals surface area contributed by atoms with Crippen molar-refractivity contribution in [2.75, 3.05) is 18.5 Å². The predicted molar refractivity (Wildman–Crippen MR) is 98.5 cm³/mol. The van der Waals surface area contributed by atoms with E-state index in [4.69, 9.17) is 15.2 Å². The second kappa shape index (κ2) is 9.00. The molecule has 2 rings (SSSR count). The molecule has 2 aromatic rings. The molecule has 0 saturated heterocycles. The molecule has 1 aromatic carbocycles. The van der Waals surface area contributed by atoms with E-state index in [0.717, 1.165) is 11.3 Å². The standard InChI is InChI=1S/C18H20N2O5S/c1-11(2)9-24-13-5-3-12(4-6-13)18(23)25-10-15(21)20-17-14(16(19)22)7-8-26-17/h3-8,11H,9-10H2,1-2H3,(H2,19,22)(H,20,21). The van der Waals surface area contributed by atoms with E-state index in [1.807, 2.05) is 13.8 Å². The highest BCUT2D eigenvalue weighted by Crippen LogP contribution is 2.22. The summed E-state index contributed by atoms with van der Waals surface area (Å²) < 4.78 is 10.5. The molecule has 3 N–H and O–H groups in total. The molecule has 138 valence electrons. The molecule has 0 aliphatic rings. The van der Waals surface area contributed by atoms with Crippen molar-refractivity contribution in [2.45, 2.75) is 13.8 Å². The summed E-state index contributed by atoms with van der Waals surface area (Å²) in [7, 11) is 0. The smallest absolute Gasteiger partial charge is 0.338 e. The number of nitrogens with two attached hydrogens (primary N) is 1. The summed E-state index contributed by atoms with van der Waals surface area (Å²) in [5.41, 5.74) is 5.73. The second-order valence-corrected chi connectivity index (χ2v) is 6.80. The van der Waals surface area contributed by atoms with E-state index in [2.05, 4.69) is 5.32 Å². The molecule has 0 radical (unpaired) electrons. The summed E-state index contributed by atoms with van der Waals surface area (Å²) in [5, 5.41) is 4.45. The third-order valence-corrected chi connectivity index (χ3v) is 4.02. The van der Waals surface area contributed by atoms with Gasteiger partial charge in [-0.3, -0.25) is 9.59 Å². The molecule has 0 aliphatic heterocycles. The van der Waals surface area contributed by atoms with Crippen LogP contribution >= 0.6 is 11.3 Å². The predicted octanol–water partition coefficient (Wildman–Crippen LogP) is 2.68. The third-order valence-electron chi connectivity index (χ3n) is 3.19. The van der Waals surface area contributed by atoms with Crippen LogP contribution in [0.25, 0.3) is 0 Å². The zero-order chi connectivity index (χ0) is 19.1. The lowest BCUT2D eigenvalue weighted by atomic mass is 10.2. The van der Waals surface area contributed by atoms with Gasteiger partial charge >= 0.3 is 5.97 Å². The van der Waals surface area contributed by atoms with E-state index in [0.29, 0.717) is 28.8 Å². The van der Waals surface area contributed by atoms with Gasteiger partial charge in [0.25, 0.3) is 11.8 Å². The van der Waals surface area contributed by atoms with Gasteiger partial charge in [0.1, 0.15) is 10.8 Å². The van der Waals surface area contributed by atoms with Crippen molar-refractivity contribution < 1.29 is 23.9 Å². The minimum absolute atomic E-state index is 0.215. The Hall–Kier alpha value is -2.87. The van der Waals surface area contributed by atoms with Crippen molar-refractivity contribution >= 4 is 34.1 Å². The van der Waals surface area contributed by atoms with E-state index in [1.165, 1.54) is 6.07 Å². The number of benzene rings is 1. The second-order valence-electron chi connectivity index (χ2n) is 5.88. The lowest BCUT2D eigenvalue weighted by molar-refractivity contribution is -0.119. The van der Waals surface area contributed by atoms with Crippen molar-refractivity contribution in [1.29, 1.82) is 0 Å². The monoisotopic (exact) mass is 376 g/mol. The minimum atomic E-state index is -0.640. The first kappa shape index (κ1) is 19.5. The SMILES string of the molecule is CC(C)COc1ccc(C(=O)OCC(=O)Nc2sccc2C(N)=O)cc1. The number of ether oxygens (including phenoxy) is 2. The van der Waals surface area contributed by atoms with E-state index in [-0.39, 0.29) is 5.56 Å². The lowest BCUT2D eigenvalue weighted by Crippen LogP contribution is -2.22. The number of nitrogens with one attached hydrogen (secondary N) is 1. The third kappa shape index (κ3) is 5.59. The number of thiophene rings is 1. The molecular weight excluding hydrogens is 356 g/mol. The zero-order valence-corrected chi connectivity index (χ0v) is 15.3. The molecule has 0 saturated carbocycles. The Morgan fingerprint density at radius 2 is 1.85 bits per heavy atom. The van der Waals surface area contributed by atoms with Gasteiger partial charge in [-0.05, 0) is 41.6 Å². The van der Waals surface area contributed by atoms with Crippen LogP contribution in [-0.4, -0.2) is 31.0 Å². The summed E-state index contributed by atoms with van der Waals surface area (Å²) in [4.78, 5) is 35.1. The van der Waals surface area contributed by atoms with Crippen LogP contribution in [0.1, 0.15) is 34.6 Å². The molecule has 26 heavy (non-hydrogen) atoms. The van der Waals surface area contributed by atoms with Gasteiger partial charge in [-0.15, -0.1) is 11.3 Å². The van der Waals surface area contributed by atoms with Crippen molar-refractivity contribution in [3.8, 4) is 5.75 Å². The van der Waals surface area contributed by atoms with Gasteiger partial charge in [0.15, 0.2) is 6.61 Å². The van der Waals surface area contributed by atoms with Crippen LogP contribution in [0, 0.1) is 5.92 Å².